The summed E-state index contributed by atoms with van der Waals surface area (Å²) in [7, 11) is 0. The zero-order valence-corrected chi connectivity index (χ0v) is 13.4. The molecule has 0 aliphatic carbocycles. The highest BCUT2D eigenvalue weighted by Gasteiger charge is 2.07. The van der Waals surface area contributed by atoms with E-state index in [1.807, 2.05) is 37.3 Å². The SMILES string of the molecule is CCOc1ccccc1NC(=S)Nc1c(C)cccc1C. The molecule has 0 aliphatic rings. The molecule has 0 bridgehead atoms. The number of hydrogen-bond acceptors (Lipinski definition) is 2. The van der Waals surface area contributed by atoms with Gasteiger partial charge in [0.25, 0.3) is 0 Å². The number of nitrogens with one attached hydrogen (secondary N) is 2. The first-order valence-corrected chi connectivity index (χ1v) is 7.38. The van der Waals surface area contributed by atoms with Crippen molar-refractivity contribution in [3.05, 3.63) is 53.6 Å². The summed E-state index contributed by atoms with van der Waals surface area (Å²) in [6.45, 7) is 6.71. The smallest absolute Gasteiger partial charge is 0.175 e. The fourth-order valence-corrected chi connectivity index (χ4v) is 2.34. The fraction of sp³-hybridized carbons (Fsp3) is 0.235. The van der Waals surface area contributed by atoms with Crippen LogP contribution in [0.5, 0.6) is 5.75 Å². The first kappa shape index (κ1) is 15.3. The van der Waals surface area contributed by atoms with Gasteiger partial charge in [0.1, 0.15) is 5.75 Å². The molecule has 0 amide bonds. The fourth-order valence-electron chi connectivity index (χ4n) is 2.13. The van der Waals surface area contributed by atoms with E-state index in [1.54, 1.807) is 0 Å². The first-order valence-electron chi connectivity index (χ1n) is 6.98. The van der Waals surface area contributed by atoms with E-state index in [9.17, 15) is 0 Å². The maximum absolute atomic E-state index is 5.59. The third-order valence-electron chi connectivity index (χ3n) is 3.15. The second-order valence-electron chi connectivity index (χ2n) is 4.78. The lowest BCUT2D eigenvalue weighted by Gasteiger charge is -2.16. The second-order valence-corrected chi connectivity index (χ2v) is 5.18. The molecule has 2 aromatic rings. The van der Waals surface area contributed by atoms with Gasteiger partial charge in [0.15, 0.2) is 5.11 Å². The van der Waals surface area contributed by atoms with Gasteiger partial charge in [-0.1, -0.05) is 30.3 Å². The Morgan fingerprint density at radius 1 is 1.00 bits per heavy atom. The molecule has 0 spiro atoms. The summed E-state index contributed by atoms with van der Waals surface area (Å²) in [4.78, 5) is 0. The van der Waals surface area contributed by atoms with Crippen LogP contribution in [-0.2, 0) is 0 Å². The van der Waals surface area contributed by atoms with Crippen molar-refractivity contribution in [3.8, 4) is 5.75 Å². The number of para-hydroxylation sites is 3. The third kappa shape index (κ3) is 3.95. The lowest BCUT2D eigenvalue weighted by atomic mass is 10.1. The maximum Gasteiger partial charge on any atom is 0.175 e. The van der Waals surface area contributed by atoms with Gasteiger partial charge in [0.05, 0.1) is 12.3 Å². The molecule has 2 rings (SSSR count). The van der Waals surface area contributed by atoms with Crippen LogP contribution >= 0.6 is 12.2 Å². The van der Waals surface area contributed by atoms with E-state index >= 15 is 0 Å². The van der Waals surface area contributed by atoms with Crippen molar-refractivity contribution in [1.82, 2.24) is 0 Å². The van der Waals surface area contributed by atoms with Crippen LogP contribution in [0, 0.1) is 13.8 Å². The van der Waals surface area contributed by atoms with Crippen LogP contribution in [0.3, 0.4) is 0 Å². The highest BCUT2D eigenvalue weighted by Crippen LogP contribution is 2.25. The van der Waals surface area contributed by atoms with E-state index in [2.05, 4.69) is 36.6 Å². The van der Waals surface area contributed by atoms with Crippen molar-refractivity contribution < 1.29 is 4.74 Å². The molecular weight excluding hydrogens is 280 g/mol. The van der Waals surface area contributed by atoms with Gasteiger partial charge in [-0.3, -0.25) is 0 Å². The summed E-state index contributed by atoms with van der Waals surface area (Å²) in [6, 6.07) is 13.9. The number of ether oxygens (including phenoxy) is 1. The van der Waals surface area contributed by atoms with Crippen molar-refractivity contribution in [2.24, 2.45) is 0 Å². The van der Waals surface area contributed by atoms with E-state index in [4.69, 9.17) is 17.0 Å². The first-order chi connectivity index (χ1) is 10.1. The Kier molecular flexibility index (Phi) is 5.17. The topological polar surface area (TPSA) is 33.3 Å². The zero-order chi connectivity index (χ0) is 15.2. The molecule has 0 atom stereocenters. The number of thiocarbonyl (C=S) groups is 1. The Labute approximate surface area is 131 Å². The van der Waals surface area contributed by atoms with Crippen LogP contribution in [0.15, 0.2) is 42.5 Å². The van der Waals surface area contributed by atoms with Gasteiger partial charge >= 0.3 is 0 Å². The highest BCUT2D eigenvalue weighted by atomic mass is 32.1. The number of benzene rings is 2. The minimum atomic E-state index is 0.555. The van der Waals surface area contributed by atoms with Crippen molar-refractivity contribution in [2.45, 2.75) is 20.8 Å². The standard InChI is InChI=1S/C17H20N2OS/c1-4-20-15-11-6-5-10-14(15)18-17(21)19-16-12(2)8-7-9-13(16)3/h5-11H,4H2,1-3H3,(H2,18,19,21). The largest absolute Gasteiger partial charge is 0.492 e. The van der Waals surface area contributed by atoms with Crippen molar-refractivity contribution >= 4 is 28.7 Å². The van der Waals surface area contributed by atoms with Crippen molar-refractivity contribution in [1.29, 1.82) is 0 Å². The van der Waals surface area contributed by atoms with Crippen molar-refractivity contribution in [3.63, 3.8) is 0 Å². The predicted octanol–water partition coefficient (Wildman–Crippen LogP) is 4.51. The lowest BCUT2D eigenvalue weighted by molar-refractivity contribution is 0.342. The molecule has 0 heterocycles. The summed E-state index contributed by atoms with van der Waals surface area (Å²) >= 11 is 5.40. The van der Waals surface area contributed by atoms with Crippen molar-refractivity contribution in [2.75, 3.05) is 17.2 Å². The highest BCUT2D eigenvalue weighted by molar-refractivity contribution is 7.80. The number of hydrogen-bond donors (Lipinski definition) is 2. The third-order valence-corrected chi connectivity index (χ3v) is 3.36. The molecule has 3 nitrogen and oxygen atoms in total. The minimum Gasteiger partial charge on any atom is -0.492 e. The van der Waals surface area contributed by atoms with E-state index < -0.39 is 0 Å². The lowest BCUT2D eigenvalue weighted by Crippen LogP contribution is -2.20. The molecule has 2 N–H and O–H groups in total. The minimum absolute atomic E-state index is 0.555. The summed E-state index contributed by atoms with van der Waals surface area (Å²) in [5, 5.41) is 7.01. The average Bonchev–Trinajstić information content (AvgIpc) is 2.45. The molecule has 0 aliphatic heterocycles. The van der Waals surface area contributed by atoms with Crippen LogP contribution in [0.25, 0.3) is 0 Å². The van der Waals surface area contributed by atoms with E-state index in [0.29, 0.717) is 11.7 Å². The summed E-state index contributed by atoms with van der Waals surface area (Å²) in [6.07, 6.45) is 0. The Morgan fingerprint density at radius 2 is 1.67 bits per heavy atom. The molecule has 0 saturated heterocycles. The normalized spacial score (nSPS) is 10.0. The number of aryl methyl sites for hydroxylation is 2. The summed E-state index contributed by atoms with van der Waals surface area (Å²) in [5.41, 5.74) is 4.24. The number of rotatable bonds is 4. The van der Waals surface area contributed by atoms with Gasteiger partial charge in [-0.05, 0) is 56.2 Å². The van der Waals surface area contributed by atoms with Crippen LogP contribution < -0.4 is 15.4 Å². The molecular formula is C17H20N2OS. The molecule has 0 unspecified atom stereocenters. The monoisotopic (exact) mass is 300 g/mol. The molecule has 4 heteroatoms. The molecule has 0 radical (unpaired) electrons. The zero-order valence-electron chi connectivity index (χ0n) is 12.6. The maximum atomic E-state index is 5.59. The Hall–Kier alpha value is -2.07. The van der Waals surface area contributed by atoms with Crippen LogP contribution in [0.4, 0.5) is 11.4 Å². The van der Waals surface area contributed by atoms with Gasteiger partial charge in [0.2, 0.25) is 0 Å². The summed E-state index contributed by atoms with van der Waals surface area (Å²) < 4.78 is 5.59. The molecule has 0 saturated carbocycles. The summed E-state index contributed by atoms with van der Waals surface area (Å²) in [5.74, 6) is 0.797. The van der Waals surface area contributed by atoms with E-state index in [0.717, 1.165) is 28.3 Å². The molecule has 0 aromatic heterocycles. The van der Waals surface area contributed by atoms with E-state index in [-0.39, 0.29) is 0 Å². The number of anilines is 2. The van der Waals surface area contributed by atoms with Gasteiger partial charge in [0, 0.05) is 5.69 Å². The molecule has 110 valence electrons. The second kappa shape index (κ2) is 7.09. The van der Waals surface area contributed by atoms with Gasteiger partial charge in [-0.25, -0.2) is 0 Å². The Morgan fingerprint density at radius 3 is 2.33 bits per heavy atom. The van der Waals surface area contributed by atoms with Crippen LogP contribution in [0.2, 0.25) is 0 Å². The van der Waals surface area contributed by atoms with Gasteiger partial charge in [-0.15, -0.1) is 0 Å². The average molecular weight is 300 g/mol. The molecule has 0 fully saturated rings. The quantitative estimate of drug-likeness (QED) is 0.814. The van der Waals surface area contributed by atoms with Crippen LogP contribution in [-0.4, -0.2) is 11.7 Å². The Balaban J connectivity index is 2.12. The molecule has 21 heavy (non-hydrogen) atoms. The molecule has 2 aromatic carbocycles. The van der Waals surface area contributed by atoms with E-state index in [1.165, 1.54) is 0 Å². The van der Waals surface area contributed by atoms with Gasteiger partial charge < -0.3 is 15.4 Å². The van der Waals surface area contributed by atoms with Crippen LogP contribution in [0.1, 0.15) is 18.1 Å². The van der Waals surface area contributed by atoms with Gasteiger partial charge in [-0.2, -0.15) is 0 Å². The Bertz CT molecular complexity index is 620. The predicted molar refractivity (Wildman–Crippen MR) is 93.4 cm³/mol.